The molecule has 9 heteroatoms. The van der Waals surface area contributed by atoms with E-state index in [2.05, 4.69) is 15.0 Å². The van der Waals surface area contributed by atoms with E-state index in [1.165, 1.54) is 23.6 Å². The summed E-state index contributed by atoms with van der Waals surface area (Å²) in [5.74, 6) is -1.45. The summed E-state index contributed by atoms with van der Waals surface area (Å²) in [5, 5.41) is 2.73. The van der Waals surface area contributed by atoms with E-state index < -0.39 is 17.9 Å². The summed E-state index contributed by atoms with van der Waals surface area (Å²) in [6, 6.07) is 2.85. The highest BCUT2D eigenvalue weighted by Crippen LogP contribution is 2.27. The summed E-state index contributed by atoms with van der Waals surface area (Å²) in [6.45, 7) is 0.265. The standard InChI is InChI=1S/C11H7ClF4N2OS/c12-10-18-5-7(20-10)4-17-9-2-1-6(3-8(9)13)19-11(14,15)16/h1-3,5,17H,4H2. The Morgan fingerprint density at radius 1 is 1.35 bits per heavy atom. The maximum absolute atomic E-state index is 13.6. The minimum Gasteiger partial charge on any atom is -0.406 e. The van der Waals surface area contributed by atoms with Crippen LogP contribution in [0.3, 0.4) is 0 Å². The van der Waals surface area contributed by atoms with Crippen LogP contribution >= 0.6 is 22.9 Å². The van der Waals surface area contributed by atoms with E-state index in [-0.39, 0.29) is 12.2 Å². The highest BCUT2D eigenvalue weighted by atomic mass is 35.5. The molecule has 0 aliphatic carbocycles. The number of benzene rings is 1. The molecule has 3 nitrogen and oxygen atoms in total. The second kappa shape index (κ2) is 5.84. The van der Waals surface area contributed by atoms with Crippen molar-refractivity contribution in [1.82, 2.24) is 4.98 Å². The van der Waals surface area contributed by atoms with Gasteiger partial charge in [-0.2, -0.15) is 0 Å². The molecule has 2 rings (SSSR count). The maximum atomic E-state index is 13.6. The molecule has 108 valence electrons. The van der Waals surface area contributed by atoms with Crippen molar-refractivity contribution in [1.29, 1.82) is 0 Å². The van der Waals surface area contributed by atoms with E-state index in [0.717, 1.165) is 10.9 Å². The highest BCUT2D eigenvalue weighted by molar-refractivity contribution is 7.15. The molecule has 1 heterocycles. The summed E-state index contributed by atoms with van der Waals surface area (Å²) >= 11 is 6.86. The lowest BCUT2D eigenvalue weighted by Crippen LogP contribution is -2.17. The third kappa shape index (κ3) is 4.24. The predicted octanol–water partition coefficient (Wildman–Crippen LogP) is 4.45. The summed E-state index contributed by atoms with van der Waals surface area (Å²) in [6.07, 6.45) is -3.32. The number of anilines is 1. The Morgan fingerprint density at radius 3 is 2.65 bits per heavy atom. The molecule has 0 unspecified atom stereocenters. The fourth-order valence-corrected chi connectivity index (χ4v) is 2.30. The number of hydrogen-bond donors (Lipinski definition) is 1. The molecule has 0 amide bonds. The lowest BCUT2D eigenvalue weighted by atomic mass is 10.3. The van der Waals surface area contributed by atoms with Gasteiger partial charge in [0.15, 0.2) is 4.47 Å². The van der Waals surface area contributed by atoms with Crippen LogP contribution in [0.15, 0.2) is 24.4 Å². The van der Waals surface area contributed by atoms with Crippen molar-refractivity contribution in [3.63, 3.8) is 0 Å². The van der Waals surface area contributed by atoms with Gasteiger partial charge < -0.3 is 10.1 Å². The van der Waals surface area contributed by atoms with Gasteiger partial charge in [-0.25, -0.2) is 9.37 Å². The second-order valence-corrected chi connectivity index (χ2v) is 5.32. The minimum absolute atomic E-state index is 0.0593. The van der Waals surface area contributed by atoms with Crippen LogP contribution in [-0.2, 0) is 6.54 Å². The molecule has 0 aliphatic heterocycles. The SMILES string of the molecule is Fc1cc(OC(F)(F)F)ccc1NCc1cnc(Cl)s1. The van der Waals surface area contributed by atoms with Crippen LogP contribution in [0.1, 0.15) is 4.88 Å². The summed E-state index contributed by atoms with van der Waals surface area (Å²) < 4.78 is 53.5. The van der Waals surface area contributed by atoms with E-state index >= 15 is 0 Å². The van der Waals surface area contributed by atoms with Crippen LogP contribution in [0.4, 0.5) is 23.2 Å². The van der Waals surface area contributed by atoms with E-state index in [4.69, 9.17) is 11.6 Å². The van der Waals surface area contributed by atoms with Crippen LogP contribution in [0.5, 0.6) is 5.75 Å². The first kappa shape index (κ1) is 14.9. The second-order valence-electron chi connectivity index (χ2n) is 3.62. The molecule has 0 saturated heterocycles. The molecule has 0 bridgehead atoms. The van der Waals surface area contributed by atoms with Gasteiger partial charge in [-0.3, -0.25) is 0 Å². The van der Waals surface area contributed by atoms with Gasteiger partial charge in [0.1, 0.15) is 11.6 Å². The number of nitrogens with zero attached hydrogens (tertiary/aromatic N) is 1. The zero-order valence-electron chi connectivity index (χ0n) is 9.67. The van der Waals surface area contributed by atoms with Crippen molar-refractivity contribution in [2.45, 2.75) is 12.9 Å². The molecule has 0 saturated carbocycles. The first-order chi connectivity index (χ1) is 9.33. The largest absolute Gasteiger partial charge is 0.573 e. The third-order valence-corrected chi connectivity index (χ3v) is 3.27. The molecule has 0 aliphatic rings. The summed E-state index contributed by atoms with van der Waals surface area (Å²) in [5.41, 5.74) is 0.0593. The summed E-state index contributed by atoms with van der Waals surface area (Å²) in [7, 11) is 0. The van der Waals surface area contributed by atoms with Crippen molar-refractivity contribution in [2.24, 2.45) is 0 Å². The Hall–Kier alpha value is -1.54. The van der Waals surface area contributed by atoms with Crippen molar-refractivity contribution >= 4 is 28.6 Å². The van der Waals surface area contributed by atoms with E-state index in [0.29, 0.717) is 10.5 Å². The zero-order valence-corrected chi connectivity index (χ0v) is 11.2. The van der Waals surface area contributed by atoms with Crippen LogP contribution < -0.4 is 10.1 Å². The molecule has 1 aromatic heterocycles. The van der Waals surface area contributed by atoms with Gasteiger partial charge >= 0.3 is 6.36 Å². The third-order valence-electron chi connectivity index (χ3n) is 2.15. The first-order valence-electron chi connectivity index (χ1n) is 5.23. The molecular formula is C11H7ClF4N2OS. The van der Waals surface area contributed by atoms with Crippen molar-refractivity contribution in [3.05, 3.63) is 39.6 Å². The number of ether oxygens (including phenoxy) is 1. The summed E-state index contributed by atoms with van der Waals surface area (Å²) in [4.78, 5) is 4.58. The Bertz CT molecular complexity index is 602. The van der Waals surface area contributed by atoms with Gasteiger partial charge in [0.05, 0.1) is 12.2 Å². The van der Waals surface area contributed by atoms with Crippen molar-refractivity contribution < 1.29 is 22.3 Å². The fraction of sp³-hybridized carbons (Fsp3) is 0.182. The van der Waals surface area contributed by atoms with Crippen molar-refractivity contribution in [2.75, 3.05) is 5.32 Å². The van der Waals surface area contributed by atoms with Crippen molar-refractivity contribution in [3.8, 4) is 5.75 Å². The molecule has 20 heavy (non-hydrogen) atoms. The monoisotopic (exact) mass is 326 g/mol. The molecular weight excluding hydrogens is 320 g/mol. The topological polar surface area (TPSA) is 34.1 Å². The quantitative estimate of drug-likeness (QED) is 0.843. The van der Waals surface area contributed by atoms with Gasteiger partial charge in [-0.15, -0.1) is 24.5 Å². The van der Waals surface area contributed by atoms with E-state index in [1.807, 2.05) is 0 Å². The number of aromatic nitrogens is 1. The first-order valence-corrected chi connectivity index (χ1v) is 6.42. The van der Waals surface area contributed by atoms with Gasteiger partial charge in [-0.1, -0.05) is 11.6 Å². The molecule has 0 atom stereocenters. The average Bonchev–Trinajstić information content (AvgIpc) is 2.72. The van der Waals surface area contributed by atoms with Crippen LogP contribution in [-0.4, -0.2) is 11.3 Å². The van der Waals surface area contributed by atoms with Crippen LogP contribution in [0.2, 0.25) is 4.47 Å². The van der Waals surface area contributed by atoms with Crippen LogP contribution in [0.25, 0.3) is 0 Å². The van der Waals surface area contributed by atoms with Gasteiger partial charge in [-0.05, 0) is 12.1 Å². The lowest BCUT2D eigenvalue weighted by molar-refractivity contribution is -0.274. The highest BCUT2D eigenvalue weighted by Gasteiger charge is 2.31. The van der Waals surface area contributed by atoms with Gasteiger partial charge in [0.25, 0.3) is 0 Å². The number of halogens is 5. The Labute approximate surface area is 120 Å². The number of thiazole rings is 1. The normalized spacial score (nSPS) is 11.4. The fourth-order valence-electron chi connectivity index (χ4n) is 1.38. The van der Waals surface area contributed by atoms with Gasteiger partial charge in [0.2, 0.25) is 0 Å². The molecule has 0 spiro atoms. The lowest BCUT2D eigenvalue weighted by Gasteiger charge is -2.11. The maximum Gasteiger partial charge on any atom is 0.573 e. The average molecular weight is 327 g/mol. The molecule has 0 fully saturated rings. The Morgan fingerprint density at radius 2 is 2.10 bits per heavy atom. The smallest absolute Gasteiger partial charge is 0.406 e. The zero-order chi connectivity index (χ0) is 14.8. The van der Waals surface area contributed by atoms with E-state index in [9.17, 15) is 17.6 Å². The molecule has 2 aromatic rings. The minimum atomic E-state index is -4.85. The number of nitrogens with one attached hydrogen (secondary N) is 1. The number of alkyl halides is 3. The van der Waals surface area contributed by atoms with Crippen LogP contribution in [0, 0.1) is 5.82 Å². The predicted molar refractivity (Wildman–Crippen MR) is 67.5 cm³/mol. The molecule has 0 radical (unpaired) electrons. The van der Waals surface area contributed by atoms with Gasteiger partial charge in [0, 0.05) is 17.1 Å². The number of rotatable bonds is 4. The van der Waals surface area contributed by atoms with E-state index in [1.54, 1.807) is 0 Å². The Kier molecular flexibility index (Phi) is 4.34. The Balaban J connectivity index is 2.02. The molecule has 1 aromatic carbocycles. The number of hydrogen-bond acceptors (Lipinski definition) is 4. The molecule has 1 N–H and O–H groups in total.